The largest absolute Gasteiger partial charge is 0.600 e. The smallest absolute Gasteiger partial charge is 0.512 e. The van der Waals surface area contributed by atoms with Crippen LogP contribution in [-0.4, -0.2) is 0 Å². The molecule has 1 nitrogen and oxygen atoms in total. The topological polar surface area (TPSA) is 23.8 Å². The molecule has 1 heterocycles. The standard InChI is InChI=1S/C13H14F3S.CN/c1-2-3-7-11-9-10-6-4-5-8-12(10)17(11)13(14,15)16;1-2/h4-6,8-9H,2-3,7H2,1H3;/q+1;-1. The van der Waals surface area contributed by atoms with Gasteiger partial charge in [-0.25, -0.2) is 0 Å². The predicted octanol–water partition coefficient (Wildman–Crippen LogP) is 5.50. The molecular weight excluding hydrogens is 271 g/mol. The van der Waals surface area contributed by atoms with Gasteiger partial charge in [0.15, 0.2) is 9.58 Å². The van der Waals surface area contributed by atoms with E-state index in [0.717, 1.165) is 18.2 Å². The van der Waals surface area contributed by atoms with Crippen molar-refractivity contribution in [1.82, 2.24) is 0 Å². The van der Waals surface area contributed by atoms with Crippen molar-refractivity contribution in [3.63, 3.8) is 0 Å². The van der Waals surface area contributed by atoms with Gasteiger partial charge in [0.2, 0.25) is 0 Å². The first-order valence-electron chi connectivity index (χ1n) is 5.87. The molecular formula is C14H14F3NS. The Bertz CT molecular complexity index is 555. The van der Waals surface area contributed by atoms with Gasteiger partial charge in [-0.3, -0.25) is 0 Å². The molecule has 102 valence electrons. The summed E-state index contributed by atoms with van der Waals surface area (Å²) in [7, 11) is -1.70. The Labute approximate surface area is 113 Å². The Morgan fingerprint density at radius 3 is 2.42 bits per heavy atom. The van der Waals surface area contributed by atoms with E-state index in [1.165, 1.54) is 0 Å². The third-order valence-electron chi connectivity index (χ3n) is 2.73. The summed E-state index contributed by atoms with van der Waals surface area (Å²) >= 11 is 0. The highest BCUT2D eigenvalue weighted by Gasteiger charge is 2.47. The van der Waals surface area contributed by atoms with E-state index in [1.807, 2.05) is 6.92 Å². The van der Waals surface area contributed by atoms with Crippen molar-refractivity contribution >= 4 is 20.6 Å². The third-order valence-corrected chi connectivity index (χ3v) is 4.85. The lowest BCUT2D eigenvalue weighted by molar-refractivity contribution is -0.0867. The van der Waals surface area contributed by atoms with Gasteiger partial charge in [-0.15, -0.1) is 13.2 Å². The molecule has 1 aromatic carbocycles. The Morgan fingerprint density at radius 2 is 1.84 bits per heavy atom. The predicted molar refractivity (Wildman–Crippen MR) is 71.3 cm³/mol. The van der Waals surface area contributed by atoms with Crippen molar-refractivity contribution < 1.29 is 13.2 Å². The minimum absolute atomic E-state index is 0.436. The van der Waals surface area contributed by atoms with Crippen molar-refractivity contribution in [3.05, 3.63) is 41.8 Å². The van der Waals surface area contributed by atoms with Gasteiger partial charge in [0.1, 0.15) is 0 Å². The van der Waals surface area contributed by atoms with Gasteiger partial charge < -0.3 is 11.8 Å². The maximum atomic E-state index is 13.1. The first-order chi connectivity index (χ1) is 9.04. The number of nitrogens with zero attached hydrogens (tertiary/aromatic N) is 1. The fourth-order valence-corrected chi connectivity index (χ4v) is 3.96. The Hall–Kier alpha value is -1.54. The average Bonchev–Trinajstić information content (AvgIpc) is 2.76. The van der Waals surface area contributed by atoms with Crippen LogP contribution in [0.15, 0.2) is 30.3 Å². The molecule has 5 heteroatoms. The van der Waals surface area contributed by atoms with Crippen LogP contribution < -0.4 is 0 Å². The maximum Gasteiger partial charge on any atom is 0.600 e. The highest BCUT2D eigenvalue weighted by molar-refractivity contribution is 7.38. The van der Waals surface area contributed by atoms with Gasteiger partial charge in [-0.05, 0) is 18.6 Å². The van der Waals surface area contributed by atoms with Crippen molar-refractivity contribution in [1.29, 1.82) is 5.26 Å². The molecule has 0 saturated carbocycles. The molecule has 19 heavy (non-hydrogen) atoms. The second-order valence-electron chi connectivity index (χ2n) is 4.00. The van der Waals surface area contributed by atoms with E-state index in [2.05, 4.69) is 0 Å². The Kier molecular flexibility index (Phi) is 5.37. The minimum atomic E-state index is -4.15. The van der Waals surface area contributed by atoms with Crippen LogP contribution in [0.1, 0.15) is 24.6 Å². The molecule has 2 rings (SSSR count). The zero-order chi connectivity index (χ0) is 14.5. The number of thiophene rings is 1. The molecule has 2 aromatic rings. The minimum Gasteiger partial charge on any atom is -0.512 e. The zero-order valence-electron chi connectivity index (χ0n) is 10.5. The second-order valence-corrected chi connectivity index (χ2v) is 6.04. The van der Waals surface area contributed by atoms with E-state index in [4.69, 9.17) is 11.8 Å². The third kappa shape index (κ3) is 3.48. The lowest BCUT2D eigenvalue weighted by Crippen LogP contribution is -1.98. The first-order valence-corrected chi connectivity index (χ1v) is 7.09. The fraction of sp³-hybridized carbons (Fsp3) is 0.357. The number of aryl methyl sites for hydroxylation is 1. The second kappa shape index (κ2) is 6.58. The van der Waals surface area contributed by atoms with Crippen molar-refractivity contribution in [2.75, 3.05) is 0 Å². The number of fused-ring (bicyclic) bond motifs is 1. The van der Waals surface area contributed by atoms with Gasteiger partial charge in [-0.2, -0.15) is 0 Å². The lowest BCUT2D eigenvalue weighted by atomic mass is 10.2. The molecule has 0 amide bonds. The zero-order valence-corrected chi connectivity index (χ0v) is 11.3. The van der Waals surface area contributed by atoms with Gasteiger partial charge in [0.05, 0.1) is 10.5 Å². The highest BCUT2D eigenvalue weighted by atomic mass is 32.2. The van der Waals surface area contributed by atoms with Gasteiger partial charge >= 0.3 is 5.51 Å². The van der Waals surface area contributed by atoms with Crippen molar-refractivity contribution in [2.45, 2.75) is 31.7 Å². The quantitative estimate of drug-likeness (QED) is 0.539. The molecule has 0 bridgehead atoms. The molecule has 0 fully saturated rings. The molecule has 0 aliphatic heterocycles. The molecule has 0 N–H and O–H groups in total. The molecule has 0 aliphatic carbocycles. The number of hydrogen-bond acceptors (Lipinski definition) is 1. The SMILES string of the molecule is CCCCc1cc2ccccc2[s+]1C(F)(F)F.[C-]#N. The first kappa shape index (κ1) is 15.5. The van der Waals surface area contributed by atoms with Crippen molar-refractivity contribution in [3.8, 4) is 0 Å². The lowest BCUT2D eigenvalue weighted by Gasteiger charge is -1.99. The number of benzene rings is 1. The molecule has 0 aliphatic rings. The average molecular weight is 285 g/mol. The van der Waals surface area contributed by atoms with Crippen LogP contribution in [0.25, 0.3) is 10.1 Å². The Balaban J connectivity index is 0.000000861. The molecule has 0 radical (unpaired) electrons. The van der Waals surface area contributed by atoms with Gasteiger partial charge in [-0.1, -0.05) is 25.5 Å². The normalized spacial score (nSPS) is 12.0. The summed E-state index contributed by atoms with van der Waals surface area (Å²) in [5.74, 6) is 0. The summed E-state index contributed by atoms with van der Waals surface area (Å²) in [4.78, 5) is 0.542. The summed E-state index contributed by atoms with van der Waals surface area (Å²) in [6.45, 7) is 6.74. The number of unbranched alkanes of at least 4 members (excludes halogenated alkanes) is 1. The van der Waals surface area contributed by atoms with E-state index in [0.29, 0.717) is 16.0 Å². The van der Waals surface area contributed by atoms with E-state index in [1.54, 1.807) is 30.3 Å². The summed E-state index contributed by atoms with van der Waals surface area (Å²) in [6, 6.07) is 8.56. The van der Waals surface area contributed by atoms with Crippen LogP contribution in [-0.2, 0) is 11.9 Å². The van der Waals surface area contributed by atoms with Crippen LogP contribution in [0.2, 0.25) is 0 Å². The number of halogens is 3. The molecule has 0 spiro atoms. The number of alkyl halides is 3. The van der Waals surface area contributed by atoms with Crippen LogP contribution in [0.3, 0.4) is 0 Å². The van der Waals surface area contributed by atoms with Gasteiger partial charge in [0.25, 0.3) is 0 Å². The maximum absolute atomic E-state index is 13.1. The van der Waals surface area contributed by atoms with Crippen LogP contribution in [0, 0.1) is 11.8 Å². The molecule has 1 atom stereocenters. The summed E-state index contributed by atoms with van der Waals surface area (Å²) < 4.78 is 39.7. The van der Waals surface area contributed by atoms with E-state index in [9.17, 15) is 13.2 Å². The number of rotatable bonds is 3. The van der Waals surface area contributed by atoms with Crippen molar-refractivity contribution in [2.24, 2.45) is 0 Å². The summed E-state index contributed by atoms with van der Waals surface area (Å²) in [6.07, 6.45) is 2.29. The molecule has 1 aromatic heterocycles. The fourth-order valence-electron chi connectivity index (χ4n) is 1.96. The monoisotopic (exact) mass is 285 g/mol. The van der Waals surface area contributed by atoms with Crippen LogP contribution >= 0.6 is 10.5 Å². The van der Waals surface area contributed by atoms with Crippen LogP contribution in [0.4, 0.5) is 13.2 Å². The number of hydrogen-bond donors (Lipinski definition) is 0. The van der Waals surface area contributed by atoms with E-state index < -0.39 is 16.0 Å². The van der Waals surface area contributed by atoms with Crippen LogP contribution in [0.5, 0.6) is 0 Å². The van der Waals surface area contributed by atoms with E-state index in [-0.39, 0.29) is 0 Å². The van der Waals surface area contributed by atoms with Gasteiger partial charge in [0, 0.05) is 17.9 Å². The Morgan fingerprint density at radius 1 is 1.21 bits per heavy atom. The molecule has 1 unspecified atom stereocenters. The summed E-state index contributed by atoms with van der Waals surface area (Å²) in [5.41, 5.74) is -4.15. The highest BCUT2D eigenvalue weighted by Crippen LogP contribution is 2.51. The summed E-state index contributed by atoms with van der Waals surface area (Å²) in [5, 5.41) is 6.99. The van der Waals surface area contributed by atoms with E-state index >= 15 is 0 Å². The molecule has 0 saturated heterocycles.